The molecule has 1 fully saturated rings. The third kappa shape index (κ3) is 2.11. The van der Waals surface area contributed by atoms with E-state index >= 15 is 0 Å². The fourth-order valence-corrected chi connectivity index (χ4v) is 3.16. The molecule has 2 heterocycles. The zero-order valence-corrected chi connectivity index (χ0v) is 10.3. The van der Waals surface area contributed by atoms with Gasteiger partial charge in [0.15, 0.2) is 5.06 Å². The Hall–Kier alpha value is -0.100. The maximum absolute atomic E-state index is 5.41. The molecule has 0 spiro atoms. The highest BCUT2D eigenvalue weighted by Crippen LogP contribution is 2.37. The normalized spacial score (nSPS) is 22.3. The van der Waals surface area contributed by atoms with Crippen molar-refractivity contribution in [1.82, 2.24) is 5.32 Å². The summed E-state index contributed by atoms with van der Waals surface area (Å²) in [5.41, 5.74) is 0. The molecule has 1 aromatic heterocycles. The van der Waals surface area contributed by atoms with Crippen LogP contribution in [0.15, 0.2) is 10.5 Å². The van der Waals surface area contributed by atoms with Crippen LogP contribution in [0.25, 0.3) is 0 Å². The average Bonchev–Trinajstić information content (AvgIpc) is 2.61. The van der Waals surface area contributed by atoms with E-state index in [9.17, 15) is 0 Å². The molecular formula is C9H12BrNO2S. The lowest BCUT2D eigenvalue weighted by atomic mass is 10.2. The van der Waals surface area contributed by atoms with Gasteiger partial charge in [-0.3, -0.25) is 0 Å². The molecule has 1 saturated heterocycles. The Morgan fingerprint density at radius 2 is 2.57 bits per heavy atom. The topological polar surface area (TPSA) is 30.5 Å². The first-order valence-corrected chi connectivity index (χ1v) is 6.06. The molecule has 5 heteroatoms. The first-order chi connectivity index (χ1) is 6.81. The lowest BCUT2D eigenvalue weighted by molar-refractivity contribution is 0.0779. The van der Waals surface area contributed by atoms with Gasteiger partial charge in [0.2, 0.25) is 0 Å². The van der Waals surface area contributed by atoms with Gasteiger partial charge in [-0.05, 0) is 22.0 Å². The van der Waals surface area contributed by atoms with E-state index in [0.717, 1.165) is 29.3 Å². The number of nitrogens with one attached hydrogen (secondary N) is 1. The summed E-state index contributed by atoms with van der Waals surface area (Å²) in [6, 6.07) is 2.41. The van der Waals surface area contributed by atoms with E-state index in [2.05, 4.69) is 27.3 Å². The van der Waals surface area contributed by atoms with E-state index in [1.54, 1.807) is 18.4 Å². The number of methoxy groups -OCH3 is 1. The summed E-state index contributed by atoms with van der Waals surface area (Å²) in [6.07, 6.45) is 0. The van der Waals surface area contributed by atoms with Gasteiger partial charge in [-0.25, -0.2) is 0 Å². The molecule has 1 atom stereocenters. The third-order valence-corrected chi connectivity index (χ3v) is 4.19. The zero-order valence-electron chi connectivity index (χ0n) is 7.88. The Morgan fingerprint density at radius 1 is 1.71 bits per heavy atom. The Morgan fingerprint density at radius 3 is 3.14 bits per heavy atom. The van der Waals surface area contributed by atoms with Crippen molar-refractivity contribution < 1.29 is 9.47 Å². The van der Waals surface area contributed by atoms with Gasteiger partial charge >= 0.3 is 0 Å². The highest BCUT2D eigenvalue weighted by atomic mass is 79.9. The van der Waals surface area contributed by atoms with Crippen LogP contribution in [0.2, 0.25) is 0 Å². The van der Waals surface area contributed by atoms with E-state index in [1.807, 2.05) is 0 Å². The van der Waals surface area contributed by atoms with Gasteiger partial charge < -0.3 is 14.8 Å². The van der Waals surface area contributed by atoms with E-state index in [4.69, 9.17) is 9.47 Å². The lowest BCUT2D eigenvalue weighted by Crippen LogP contribution is -2.33. The van der Waals surface area contributed by atoms with E-state index in [0.29, 0.717) is 6.04 Å². The number of thiophene rings is 1. The molecular weight excluding hydrogens is 266 g/mol. The van der Waals surface area contributed by atoms with Crippen molar-refractivity contribution in [3.8, 4) is 5.06 Å². The Bertz CT molecular complexity index is 310. The van der Waals surface area contributed by atoms with Crippen LogP contribution >= 0.6 is 27.3 Å². The van der Waals surface area contributed by atoms with E-state index in [-0.39, 0.29) is 0 Å². The molecule has 0 aromatic carbocycles. The van der Waals surface area contributed by atoms with Gasteiger partial charge in [0.05, 0.1) is 30.8 Å². The number of hydrogen-bond donors (Lipinski definition) is 1. The van der Waals surface area contributed by atoms with Crippen molar-refractivity contribution in [2.75, 3.05) is 26.9 Å². The smallest absolute Gasteiger partial charge is 0.188 e. The summed E-state index contributed by atoms with van der Waals surface area (Å²) in [5.74, 6) is 0. The molecule has 0 bridgehead atoms. The van der Waals surface area contributed by atoms with Crippen LogP contribution in [0.4, 0.5) is 0 Å². The molecule has 3 nitrogen and oxygen atoms in total. The summed E-state index contributed by atoms with van der Waals surface area (Å²) >= 11 is 5.12. The van der Waals surface area contributed by atoms with Crippen molar-refractivity contribution in [2.45, 2.75) is 6.04 Å². The van der Waals surface area contributed by atoms with Crippen molar-refractivity contribution in [3.05, 3.63) is 15.4 Å². The second kappa shape index (κ2) is 4.61. The lowest BCUT2D eigenvalue weighted by Gasteiger charge is -2.22. The summed E-state index contributed by atoms with van der Waals surface area (Å²) < 4.78 is 11.6. The minimum atomic E-state index is 0.314. The largest absolute Gasteiger partial charge is 0.486 e. The van der Waals surface area contributed by atoms with Crippen LogP contribution in [0.3, 0.4) is 0 Å². The van der Waals surface area contributed by atoms with Crippen molar-refractivity contribution >= 4 is 27.3 Å². The molecule has 1 N–H and O–H groups in total. The molecule has 1 aliphatic rings. The summed E-state index contributed by atoms with van der Waals surface area (Å²) in [5, 5.41) is 4.33. The van der Waals surface area contributed by atoms with Crippen molar-refractivity contribution in [3.63, 3.8) is 0 Å². The highest BCUT2D eigenvalue weighted by molar-refractivity contribution is 9.10. The van der Waals surface area contributed by atoms with Crippen molar-refractivity contribution in [1.29, 1.82) is 0 Å². The number of halogens is 1. The molecule has 78 valence electrons. The second-order valence-electron chi connectivity index (χ2n) is 3.07. The van der Waals surface area contributed by atoms with Crippen LogP contribution in [-0.4, -0.2) is 26.9 Å². The quantitative estimate of drug-likeness (QED) is 0.899. The molecule has 1 unspecified atom stereocenters. The van der Waals surface area contributed by atoms with Crippen molar-refractivity contribution in [2.24, 2.45) is 0 Å². The summed E-state index contributed by atoms with van der Waals surface area (Å²) in [6.45, 7) is 2.47. The first kappa shape index (κ1) is 10.4. The minimum Gasteiger partial charge on any atom is -0.486 e. The SMILES string of the molecule is COc1sc(C2COCCN2)cc1Br. The maximum atomic E-state index is 5.41. The Balaban J connectivity index is 2.14. The van der Waals surface area contributed by atoms with Gasteiger partial charge in [-0.1, -0.05) is 0 Å². The molecule has 1 aromatic rings. The Labute approximate surface area is 95.5 Å². The summed E-state index contributed by atoms with van der Waals surface area (Å²) in [7, 11) is 1.69. The second-order valence-corrected chi connectivity index (χ2v) is 4.97. The highest BCUT2D eigenvalue weighted by Gasteiger charge is 2.19. The van der Waals surface area contributed by atoms with Crippen LogP contribution in [0, 0.1) is 0 Å². The van der Waals surface area contributed by atoms with E-state index < -0.39 is 0 Å². The van der Waals surface area contributed by atoms with Gasteiger partial charge in [-0.15, -0.1) is 11.3 Å². The molecule has 2 rings (SSSR count). The van der Waals surface area contributed by atoms with Gasteiger partial charge in [0, 0.05) is 11.4 Å². The van der Waals surface area contributed by atoms with Crippen LogP contribution in [0.1, 0.15) is 10.9 Å². The monoisotopic (exact) mass is 277 g/mol. The van der Waals surface area contributed by atoms with Crippen LogP contribution in [-0.2, 0) is 4.74 Å². The van der Waals surface area contributed by atoms with E-state index in [1.165, 1.54) is 4.88 Å². The van der Waals surface area contributed by atoms with Crippen LogP contribution in [0.5, 0.6) is 5.06 Å². The number of rotatable bonds is 2. The van der Waals surface area contributed by atoms with Gasteiger partial charge in [0.25, 0.3) is 0 Å². The van der Waals surface area contributed by atoms with Crippen LogP contribution < -0.4 is 10.1 Å². The molecule has 14 heavy (non-hydrogen) atoms. The average molecular weight is 278 g/mol. The number of ether oxygens (including phenoxy) is 2. The molecule has 0 aliphatic carbocycles. The molecule has 0 radical (unpaired) electrons. The Kier molecular flexibility index (Phi) is 3.43. The molecule has 1 aliphatic heterocycles. The summed E-state index contributed by atoms with van der Waals surface area (Å²) in [4.78, 5) is 1.26. The zero-order chi connectivity index (χ0) is 9.97. The first-order valence-electron chi connectivity index (χ1n) is 4.45. The molecule has 0 amide bonds. The standard InChI is InChI=1S/C9H12BrNO2S/c1-12-9-6(10)4-8(14-9)7-5-13-3-2-11-7/h4,7,11H,2-3,5H2,1H3. The fraction of sp³-hybridized carbons (Fsp3) is 0.556. The number of hydrogen-bond acceptors (Lipinski definition) is 4. The molecule has 0 saturated carbocycles. The third-order valence-electron chi connectivity index (χ3n) is 2.13. The van der Waals surface area contributed by atoms with Gasteiger partial charge in [0.1, 0.15) is 0 Å². The maximum Gasteiger partial charge on any atom is 0.188 e. The van der Waals surface area contributed by atoms with Gasteiger partial charge in [-0.2, -0.15) is 0 Å². The fourth-order valence-electron chi connectivity index (χ4n) is 1.43. The minimum absolute atomic E-state index is 0.314. The predicted molar refractivity (Wildman–Crippen MR) is 60.1 cm³/mol. The predicted octanol–water partition coefficient (Wildman–Crippen LogP) is 2.18. The number of morpholine rings is 1.